The van der Waals surface area contributed by atoms with Gasteiger partial charge in [0.25, 0.3) is 0 Å². The van der Waals surface area contributed by atoms with E-state index in [0.29, 0.717) is 30.5 Å². The molecule has 0 aliphatic rings. The summed E-state index contributed by atoms with van der Waals surface area (Å²) in [5, 5.41) is 9.11. The number of aliphatic carboxylic acids is 1. The maximum absolute atomic E-state index is 10.4. The third-order valence-corrected chi connectivity index (χ3v) is 3.08. The summed E-state index contributed by atoms with van der Waals surface area (Å²) < 4.78 is 0. The molecule has 0 radical (unpaired) electrons. The highest BCUT2D eigenvalue weighted by molar-refractivity contribution is 8.13. The molecule has 5 N–H and O–H groups in total. The normalized spacial score (nSPS) is 14.1. The molecular weight excluding hydrogens is 226 g/mol. The van der Waals surface area contributed by atoms with E-state index in [1.54, 1.807) is 0 Å². The maximum Gasteiger partial charge on any atom is 0.320 e. The lowest BCUT2D eigenvalue weighted by atomic mass is 10.2. The van der Waals surface area contributed by atoms with Crippen LogP contribution in [0.15, 0.2) is 4.99 Å². The van der Waals surface area contributed by atoms with E-state index in [4.69, 9.17) is 16.6 Å². The van der Waals surface area contributed by atoms with Crippen molar-refractivity contribution >= 4 is 22.9 Å². The SMILES string of the molecule is CC(C)CSC(N)=NCCC[C@@H](N)C(=O)O. The molecule has 5 nitrogen and oxygen atoms in total. The Hall–Kier alpha value is -0.750. The molecule has 0 spiro atoms. The summed E-state index contributed by atoms with van der Waals surface area (Å²) in [6.45, 7) is 4.77. The molecule has 1 atom stereocenters. The molecule has 0 heterocycles. The molecule has 0 aromatic heterocycles. The van der Waals surface area contributed by atoms with Gasteiger partial charge in [-0.05, 0) is 18.8 Å². The fourth-order valence-corrected chi connectivity index (χ4v) is 1.61. The van der Waals surface area contributed by atoms with Crippen molar-refractivity contribution in [3.8, 4) is 0 Å². The van der Waals surface area contributed by atoms with Crippen LogP contribution in [-0.4, -0.2) is 34.6 Å². The fraction of sp³-hybridized carbons (Fsp3) is 0.800. The highest BCUT2D eigenvalue weighted by Gasteiger charge is 2.09. The van der Waals surface area contributed by atoms with Gasteiger partial charge in [0.1, 0.15) is 6.04 Å². The van der Waals surface area contributed by atoms with Crippen molar-refractivity contribution in [3.05, 3.63) is 0 Å². The molecule has 0 aliphatic carbocycles. The zero-order valence-electron chi connectivity index (χ0n) is 9.85. The van der Waals surface area contributed by atoms with Gasteiger partial charge in [0.2, 0.25) is 0 Å². The van der Waals surface area contributed by atoms with Crippen molar-refractivity contribution < 1.29 is 9.90 Å². The Morgan fingerprint density at radius 3 is 2.62 bits per heavy atom. The van der Waals surface area contributed by atoms with Crippen molar-refractivity contribution in [3.63, 3.8) is 0 Å². The summed E-state index contributed by atoms with van der Waals surface area (Å²) in [5.74, 6) is 0.564. The average molecular weight is 247 g/mol. The summed E-state index contributed by atoms with van der Waals surface area (Å²) in [5.41, 5.74) is 11.0. The van der Waals surface area contributed by atoms with Gasteiger partial charge in [-0.3, -0.25) is 9.79 Å². The summed E-state index contributed by atoms with van der Waals surface area (Å²) in [6.07, 6.45) is 1.08. The molecule has 0 saturated carbocycles. The minimum Gasteiger partial charge on any atom is -0.480 e. The Bertz CT molecular complexity index is 244. The Labute approximate surface area is 101 Å². The van der Waals surface area contributed by atoms with E-state index in [-0.39, 0.29) is 0 Å². The van der Waals surface area contributed by atoms with Crippen LogP contribution in [0.3, 0.4) is 0 Å². The van der Waals surface area contributed by atoms with Crippen LogP contribution in [0, 0.1) is 5.92 Å². The first kappa shape index (κ1) is 15.2. The van der Waals surface area contributed by atoms with Crippen LogP contribution in [0.1, 0.15) is 26.7 Å². The molecule has 0 aliphatic heterocycles. The second-order valence-electron chi connectivity index (χ2n) is 4.01. The molecule has 0 aromatic rings. The van der Waals surface area contributed by atoms with Gasteiger partial charge < -0.3 is 16.6 Å². The van der Waals surface area contributed by atoms with Crippen molar-refractivity contribution in [2.75, 3.05) is 12.3 Å². The second kappa shape index (κ2) is 8.41. The maximum atomic E-state index is 10.4. The predicted molar refractivity (Wildman–Crippen MR) is 68.6 cm³/mol. The molecule has 0 bridgehead atoms. The zero-order valence-corrected chi connectivity index (χ0v) is 10.7. The highest BCUT2D eigenvalue weighted by Crippen LogP contribution is 2.07. The van der Waals surface area contributed by atoms with Crippen molar-refractivity contribution in [1.82, 2.24) is 0 Å². The summed E-state index contributed by atoms with van der Waals surface area (Å²) in [4.78, 5) is 14.6. The molecule has 16 heavy (non-hydrogen) atoms. The van der Waals surface area contributed by atoms with Gasteiger partial charge in [-0.25, -0.2) is 0 Å². The molecular formula is C10H21N3O2S. The number of nitrogens with zero attached hydrogens (tertiary/aromatic N) is 1. The number of nitrogens with two attached hydrogens (primary N) is 2. The molecule has 0 aromatic carbocycles. The van der Waals surface area contributed by atoms with E-state index in [0.717, 1.165) is 5.75 Å². The van der Waals surface area contributed by atoms with E-state index < -0.39 is 12.0 Å². The van der Waals surface area contributed by atoms with E-state index in [1.165, 1.54) is 11.8 Å². The number of carboxylic acids is 1. The first-order valence-electron chi connectivity index (χ1n) is 5.34. The van der Waals surface area contributed by atoms with E-state index in [2.05, 4.69) is 18.8 Å². The van der Waals surface area contributed by atoms with Crippen LogP contribution in [0.5, 0.6) is 0 Å². The van der Waals surface area contributed by atoms with Gasteiger partial charge in [0.05, 0.1) is 0 Å². The molecule has 0 fully saturated rings. The van der Waals surface area contributed by atoms with Crippen LogP contribution >= 0.6 is 11.8 Å². The van der Waals surface area contributed by atoms with Crippen LogP contribution in [0.2, 0.25) is 0 Å². The van der Waals surface area contributed by atoms with Gasteiger partial charge in [0, 0.05) is 12.3 Å². The number of carbonyl (C=O) groups is 1. The molecule has 0 saturated heterocycles. The lowest BCUT2D eigenvalue weighted by Gasteiger charge is -2.05. The average Bonchev–Trinajstić information content (AvgIpc) is 2.20. The molecule has 0 rings (SSSR count). The quantitative estimate of drug-likeness (QED) is 0.352. The number of carboxylic acid groups (broad SMARTS) is 1. The van der Waals surface area contributed by atoms with Crippen molar-refractivity contribution in [2.24, 2.45) is 22.4 Å². The van der Waals surface area contributed by atoms with Crippen molar-refractivity contribution in [2.45, 2.75) is 32.7 Å². The minimum absolute atomic E-state index is 0.432. The summed E-state index contributed by atoms with van der Waals surface area (Å²) in [7, 11) is 0. The second-order valence-corrected chi connectivity index (χ2v) is 5.05. The molecule has 94 valence electrons. The number of amidine groups is 1. The number of rotatable bonds is 7. The smallest absolute Gasteiger partial charge is 0.320 e. The summed E-state index contributed by atoms with van der Waals surface area (Å²) in [6, 6.07) is -0.792. The molecule has 0 unspecified atom stereocenters. The largest absolute Gasteiger partial charge is 0.480 e. The zero-order chi connectivity index (χ0) is 12.6. The topological polar surface area (TPSA) is 102 Å². The third kappa shape index (κ3) is 8.55. The van der Waals surface area contributed by atoms with E-state index in [9.17, 15) is 4.79 Å². The van der Waals surface area contributed by atoms with Crippen molar-refractivity contribution in [1.29, 1.82) is 0 Å². The first-order valence-corrected chi connectivity index (χ1v) is 6.33. The van der Waals surface area contributed by atoms with Gasteiger partial charge in [-0.1, -0.05) is 25.6 Å². The molecule has 0 amide bonds. The Morgan fingerprint density at radius 2 is 2.12 bits per heavy atom. The summed E-state index contributed by atoms with van der Waals surface area (Å²) >= 11 is 1.53. The Morgan fingerprint density at radius 1 is 1.50 bits per heavy atom. The highest BCUT2D eigenvalue weighted by atomic mass is 32.2. The van der Waals surface area contributed by atoms with E-state index in [1.807, 2.05) is 0 Å². The van der Waals surface area contributed by atoms with E-state index >= 15 is 0 Å². The standard InChI is InChI=1S/C10H21N3O2S/c1-7(2)6-16-10(12)13-5-3-4-8(11)9(14)15/h7-8H,3-6,11H2,1-2H3,(H2,12,13)(H,14,15)/t8-/m1/s1. The lowest BCUT2D eigenvalue weighted by Crippen LogP contribution is -2.30. The number of hydrogen-bond acceptors (Lipinski definition) is 4. The predicted octanol–water partition coefficient (Wildman–Crippen LogP) is 0.882. The monoisotopic (exact) mass is 247 g/mol. The van der Waals surface area contributed by atoms with Gasteiger partial charge in [0.15, 0.2) is 5.17 Å². The fourth-order valence-electron chi connectivity index (χ4n) is 0.922. The number of thioether (sulfide) groups is 1. The van der Waals surface area contributed by atoms with Crippen LogP contribution in [0.4, 0.5) is 0 Å². The Balaban J connectivity index is 3.62. The first-order chi connectivity index (χ1) is 7.43. The third-order valence-electron chi connectivity index (χ3n) is 1.82. The molecule has 6 heteroatoms. The van der Waals surface area contributed by atoms with Gasteiger partial charge >= 0.3 is 5.97 Å². The minimum atomic E-state index is -0.967. The van der Waals surface area contributed by atoms with Crippen LogP contribution < -0.4 is 11.5 Å². The van der Waals surface area contributed by atoms with Crippen LogP contribution in [0.25, 0.3) is 0 Å². The Kier molecular flexibility index (Phi) is 8.01. The van der Waals surface area contributed by atoms with Gasteiger partial charge in [-0.15, -0.1) is 0 Å². The van der Waals surface area contributed by atoms with Crippen LogP contribution in [-0.2, 0) is 4.79 Å². The number of hydrogen-bond donors (Lipinski definition) is 3. The van der Waals surface area contributed by atoms with Gasteiger partial charge in [-0.2, -0.15) is 0 Å². The lowest BCUT2D eigenvalue weighted by molar-refractivity contribution is -0.138. The number of aliphatic imine (C=N–C) groups is 1.